The molecule has 0 spiro atoms. The molecule has 0 saturated carbocycles. The quantitative estimate of drug-likeness (QED) is 0.196. The van der Waals surface area contributed by atoms with Crippen LogP contribution in [0.15, 0.2) is 89.4 Å². The number of nitrogens with one attached hydrogen (secondary N) is 1. The van der Waals surface area contributed by atoms with Crippen LogP contribution in [0.3, 0.4) is 0 Å². The molecule has 0 aromatic heterocycles. The van der Waals surface area contributed by atoms with Gasteiger partial charge in [-0.1, -0.05) is 54.6 Å². The molecule has 0 bridgehead atoms. The number of fused-ring (bicyclic) bond motifs is 1. The zero-order chi connectivity index (χ0) is 24.6. The molecule has 0 aliphatic heterocycles. The molecule has 0 aliphatic rings. The van der Waals surface area contributed by atoms with E-state index in [-0.39, 0.29) is 12.5 Å². The number of nitriles is 1. The number of benzene rings is 4. The normalized spacial score (nSPS) is 11.1. The molecule has 0 fully saturated rings. The summed E-state index contributed by atoms with van der Waals surface area (Å²) in [5.41, 5.74) is 2.83. The van der Waals surface area contributed by atoms with Crippen LogP contribution in [-0.4, -0.2) is 19.1 Å². The van der Waals surface area contributed by atoms with Gasteiger partial charge in [-0.05, 0) is 81.2 Å². The number of carbonyl (C=O) groups excluding carboxylic acids is 1. The van der Waals surface area contributed by atoms with Crippen molar-refractivity contribution in [3.05, 3.63) is 101 Å². The lowest BCUT2D eigenvalue weighted by Gasteiger charge is -2.15. The fourth-order valence-electron chi connectivity index (χ4n) is 3.63. The SMILES string of the molecule is CCOc1cc(/C=C(/C#N)c2ccc3ccccc3c2)cc(Br)c1OCC(=O)Nc1ccccc1. The second-order valence-corrected chi connectivity index (χ2v) is 8.55. The van der Waals surface area contributed by atoms with E-state index in [1.54, 1.807) is 6.07 Å². The summed E-state index contributed by atoms with van der Waals surface area (Å²) in [6, 6.07) is 29.1. The Morgan fingerprint density at radius 3 is 2.46 bits per heavy atom. The van der Waals surface area contributed by atoms with Gasteiger partial charge in [-0.2, -0.15) is 5.26 Å². The van der Waals surface area contributed by atoms with Crippen molar-refractivity contribution in [2.45, 2.75) is 6.92 Å². The summed E-state index contributed by atoms with van der Waals surface area (Å²) in [5, 5.41) is 14.8. The van der Waals surface area contributed by atoms with Gasteiger partial charge in [0.1, 0.15) is 0 Å². The molecule has 0 atom stereocenters. The van der Waals surface area contributed by atoms with Crippen LogP contribution in [0.5, 0.6) is 11.5 Å². The maximum Gasteiger partial charge on any atom is 0.262 e. The molecule has 5 nitrogen and oxygen atoms in total. The number of allylic oxidation sites excluding steroid dienone is 1. The van der Waals surface area contributed by atoms with Gasteiger partial charge in [-0.25, -0.2) is 0 Å². The standard InChI is InChI=1S/C29H23BrN2O3/c1-2-34-27-16-20(14-24(18-31)23-13-12-21-8-6-7-9-22(21)17-23)15-26(30)29(27)35-19-28(33)32-25-10-4-3-5-11-25/h3-17H,2,19H2,1H3,(H,32,33)/b24-14-. The molecule has 4 rings (SSSR count). The third kappa shape index (κ3) is 6.08. The van der Waals surface area contributed by atoms with E-state index in [9.17, 15) is 10.1 Å². The summed E-state index contributed by atoms with van der Waals surface area (Å²) in [6.45, 7) is 2.11. The third-order valence-electron chi connectivity index (χ3n) is 5.23. The van der Waals surface area contributed by atoms with Crippen LogP contribution < -0.4 is 14.8 Å². The molecule has 1 amide bonds. The number of ether oxygens (including phenoxy) is 2. The fourth-order valence-corrected chi connectivity index (χ4v) is 4.21. The summed E-state index contributed by atoms with van der Waals surface area (Å²) >= 11 is 3.54. The number of halogens is 1. The monoisotopic (exact) mass is 526 g/mol. The molecular weight excluding hydrogens is 504 g/mol. The lowest BCUT2D eigenvalue weighted by atomic mass is 10.00. The van der Waals surface area contributed by atoms with Gasteiger partial charge in [0.05, 0.1) is 22.7 Å². The molecule has 0 unspecified atom stereocenters. The predicted octanol–water partition coefficient (Wildman–Crippen LogP) is 7.08. The average molecular weight is 527 g/mol. The Labute approximate surface area is 212 Å². The van der Waals surface area contributed by atoms with Crippen LogP contribution in [0.2, 0.25) is 0 Å². The van der Waals surface area contributed by atoms with E-state index in [0.29, 0.717) is 33.8 Å². The lowest BCUT2D eigenvalue weighted by molar-refractivity contribution is -0.118. The first-order chi connectivity index (χ1) is 17.1. The van der Waals surface area contributed by atoms with Crippen LogP contribution in [0.25, 0.3) is 22.4 Å². The smallest absolute Gasteiger partial charge is 0.262 e. The van der Waals surface area contributed by atoms with Gasteiger partial charge in [0.25, 0.3) is 5.91 Å². The minimum absolute atomic E-state index is 0.177. The zero-order valence-electron chi connectivity index (χ0n) is 19.1. The molecular formula is C29H23BrN2O3. The van der Waals surface area contributed by atoms with Crippen LogP contribution in [-0.2, 0) is 4.79 Å². The van der Waals surface area contributed by atoms with E-state index in [1.165, 1.54) is 0 Å². The van der Waals surface area contributed by atoms with E-state index in [0.717, 1.165) is 21.9 Å². The Morgan fingerprint density at radius 2 is 1.71 bits per heavy atom. The number of rotatable bonds is 8. The summed E-state index contributed by atoms with van der Waals surface area (Å²) in [6.07, 6.45) is 1.81. The van der Waals surface area contributed by atoms with Gasteiger partial charge in [-0.15, -0.1) is 0 Å². The summed E-state index contributed by atoms with van der Waals surface area (Å²) in [4.78, 5) is 12.3. The Morgan fingerprint density at radius 1 is 0.971 bits per heavy atom. The van der Waals surface area contributed by atoms with Crippen molar-refractivity contribution in [1.82, 2.24) is 0 Å². The molecule has 174 valence electrons. The Balaban J connectivity index is 1.58. The number of anilines is 1. The topological polar surface area (TPSA) is 71.3 Å². The Bertz CT molecular complexity index is 1430. The number of carbonyl (C=O) groups is 1. The number of hydrogen-bond acceptors (Lipinski definition) is 4. The first kappa shape index (κ1) is 24.1. The maximum atomic E-state index is 12.3. The first-order valence-corrected chi connectivity index (χ1v) is 11.9. The third-order valence-corrected chi connectivity index (χ3v) is 5.82. The van der Waals surface area contributed by atoms with Crippen LogP contribution >= 0.6 is 15.9 Å². The van der Waals surface area contributed by atoms with Crippen LogP contribution in [0.4, 0.5) is 5.69 Å². The van der Waals surface area contributed by atoms with Gasteiger partial charge in [-0.3, -0.25) is 4.79 Å². The molecule has 1 N–H and O–H groups in total. The maximum absolute atomic E-state index is 12.3. The molecule has 4 aromatic rings. The summed E-state index contributed by atoms with van der Waals surface area (Å²) < 4.78 is 12.2. The van der Waals surface area contributed by atoms with Crippen molar-refractivity contribution >= 4 is 49.9 Å². The van der Waals surface area contributed by atoms with Crippen molar-refractivity contribution in [2.75, 3.05) is 18.5 Å². The highest BCUT2D eigenvalue weighted by Crippen LogP contribution is 2.38. The van der Waals surface area contributed by atoms with Gasteiger partial charge in [0.15, 0.2) is 18.1 Å². The molecule has 0 heterocycles. The Kier molecular flexibility index (Phi) is 7.81. The predicted molar refractivity (Wildman–Crippen MR) is 143 cm³/mol. The average Bonchev–Trinajstić information content (AvgIpc) is 2.87. The molecule has 0 radical (unpaired) electrons. The second-order valence-electron chi connectivity index (χ2n) is 7.70. The van der Waals surface area contributed by atoms with Crippen LogP contribution in [0, 0.1) is 11.3 Å². The minimum atomic E-state index is -0.280. The van der Waals surface area contributed by atoms with E-state index >= 15 is 0 Å². The van der Waals surface area contributed by atoms with E-state index in [2.05, 4.69) is 27.3 Å². The number of para-hydroxylation sites is 1. The molecule has 6 heteroatoms. The highest BCUT2D eigenvalue weighted by Gasteiger charge is 2.15. The number of amides is 1. The molecule has 0 aliphatic carbocycles. The van der Waals surface area contributed by atoms with E-state index in [4.69, 9.17) is 9.47 Å². The lowest BCUT2D eigenvalue weighted by Crippen LogP contribution is -2.20. The molecule has 4 aromatic carbocycles. The summed E-state index contributed by atoms with van der Waals surface area (Å²) in [5.74, 6) is 0.630. The van der Waals surface area contributed by atoms with E-state index in [1.807, 2.05) is 91.9 Å². The van der Waals surface area contributed by atoms with Crippen molar-refractivity contribution in [2.24, 2.45) is 0 Å². The highest BCUT2D eigenvalue weighted by atomic mass is 79.9. The van der Waals surface area contributed by atoms with Crippen LogP contribution in [0.1, 0.15) is 18.1 Å². The summed E-state index contributed by atoms with van der Waals surface area (Å²) in [7, 11) is 0. The van der Waals surface area contributed by atoms with Gasteiger partial charge in [0, 0.05) is 5.69 Å². The highest BCUT2D eigenvalue weighted by molar-refractivity contribution is 9.10. The van der Waals surface area contributed by atoms with Crippen molar-refractivity contribution in [1.29, 1.82) is 5.26 Å². The minimum Gasteiger partial charge on any atom is -0.490 e. The van der Waals surface area contributed by atoms with E-state index < -0.39 is 0 Å². The number of hydrogen-bond donors (Lipinski definition) is 1. The molecule has 35 heavy (non-hydrogen) atoms. The van der Waals surface area contributed by atoms with Gasteiger partial charge >= 0.3 is 0 Å². The Hall–Kier alpha value is -4.08. The van der Waals surface area contributed by atoms with Gasteiger partial charge < -0.3 is 14.8 Å². The largest absolute Gasteiger partial charge is 0.490 e. The number of nitrogens with zero attached hydrogens (tertiary/aromatic N) is 1. The first-order valence-electron chi connectivity index (χ1n) is 11.1. The second kappa shape index (κ2) is 11.4. The van der Waals surface area contributed by atoms with Crippen molar-refractivity contribution in [3.63, 3.8) is 0 Å². The van der Waals surface area contributed by atoms with Crippen molar-refractivity contribution < 1.29 is 14.3 Å². The van der Waals surface area contributed by atoms with Gasteiger partial charge in [0.2, 0.25) is 0 Å². The zero-order valence-corrected chi connectivity index (χ0v) is 20.7. The molecule has 0 saturated heterocycles. The fraction of sp³-hybridized carbons (Fsp3) is 0.103. The van der Waals surface area contributed by atoms with Crippen molar-refractivity contribution in [3.8, 4) is 17.6 Å².